The summed E-state index contributed by atoms with van der Waals surface area (Å²) in [4.78, 5) is 26.7. The van der Waals surface area contributed by atoms with Crippen LogP contribution in [0.25, 0.3) is 10.9 Å². The van der Waals surface area contributed by atoms with E-state index in [1.807, 2.05) is 0 Å². The summed E-state index contributed by atoms with van der Waals surface area (Å²) in [5.41, 5.74) is 0.743. The van der Waals surface area contributed by atoms with Gasteiger partial charge >= 0.3 is 0 Å². The van der Waals surface area contributed by atoms with E-state index < -0.39 is 0 Å². The molecule has 3 rings (SSSR count). The second-order valence-electron chi connectivity index (χ2n) is 4.61. The molecule has 2 N–H and O–H groups in total. The molecule has 0 aromatic carbocycles. The summed E-state index contributed by atoms with van der Waals surface area (Å²) in [6.45, 7) is 0. The standard InChI is InChI=1S/C12H12BrN3O2/c1-16-5-8(13)7-4-9(15-10(7)12(16)18)11(17)14-6-2-3-6/h4-6,15H,2-3H2,1H3,(H,14,17). The van der Waals surface area contributed by atoms with Gasteiger partial charge in [-0.1, -0.05) is 0 Å². The lowest BCUT2D eigenvalue weighted by molar-refractivity contribution is 0.0947. The van der Waals surface area contributed by atoms with Crippen LogP contribution in [0.1, 0.15) is 23.3 Å². The topological polar surface area (TPSA) is 66.9 Å². The van der Waals surface area contributed by atoms with Gasteiger partial charge < -0.3 is 14.9 Å². The van der Waals surface area contributed by atoms with Crippen molar-refractivity contribution in [2.45, 2.75) is 18.9 Å². The fourth-order valence-electron chi connectivity index (χ4n) is 1.90. The van der Waals surface area contributed by atoms with Gasteiger partial charge in [-0.05, 0) is 34.8 Å². The predicted molar refractivity (Wildman–Crippen MR) is 71.7 cm³/mol. The van der Waals surface area contributed by atoms with Gasteiger partial charge in [-0.15, -0.1) is 0 Å². The van der Waals surface area contributed by atoms with Crippen LogP contribution in [-0.2, 0) is 7.05 Å². The van der Waals surface area contributed by atoms with Crippen LogP contribution in [0.4, 0.5) is 0 Å². The number of aromatic nitrogens is 2. The molecule has 0 aliphatic heterocycles. The highest BCUT2D eigenvalue weighted by atomic mass is 79.9. The van der Waals surface area contributed by atoms with Crippen LogP contribution in [0.3, 0.4) is 0 Å². The predicted octanol–water partition coefficient (Wildman–Crippen LogP) is 1.52. The monoisotopic (exact) mass is 309 g/mol. The maximum absolute atomic E-state index is 11.9. The molecule has 1 aliphatic rings. The van der Waals surface area contributed by atoms with Gasteiger partial charge in [0, 0.05) is 29.1 Å². The smallest absolute Gasteiger partial charge is 0.274 e. The van der Waals surface area contributed by atoms with E-state index in [9.17, 15) is 9.59 Å². The van der Waals surface area contributed by atoms with Gasteiger partial charge in [-0.25, -0.2) is 0 Å². The highest BCUT2D eigenvalue weighted by Gasteiger charge is 2.24. The number of pyridine rings is 1. The van der Waals surface area contributed by atoms with Crippen molar-refractivity contribution in [1.82, 2.24) is 14.9 Å². The summed E-state index contributed by atoms with van der Waals surface area (Å²) in [5.74, 6) is -0.150. The Morgan fingerprint density at radius 3 is 2.94 bits per heavy atom. The molecule has 2 aromatic heterocycles. The Morgan fingerprint density at radius 2 is 2.28 bits per heavy atom. The molecule has 0 atom stereocenters. The number of rotatable bonds is 2. The summed E-state index contributed by atoms with van der Waals surface area (Å²) in [6, 6.07) is 2.01. The number of carbonyl (C=O) groups excluding carboxylic acids is 1. The van der Waals surface area contributed by atoms with Crippen molar-refractivity contribution in [3.63, 3.8) is 0 Å². The van der Waals surface area contributed by atoms with Crippen molar-refractivity contribution in [1.29, 1.82) is 0 Å². The number of hydrogen-bond donors (Lipinski definition) is 2. The lowest BCUT2D eigenvalue weighted by Crippen LogP contribution is -2.25. The number of H-pyrrole nitrogens is 1. The molecule has 1 fully saturated rings. The van der Waals surface area contributed by atoms with Crippen molar-refractivity contribution in [2.75, 3.05) is 0 Å². The third kappa shape index (κ3) is 1.86. The van der Waals surface area contributed by atoms with Crippen LogP contribution in [0.2, 0.25) is 0 Å². The second-order valence-corrected chi connectivity index (χ2v) is 5.47. The molecule has 0 saturated heterocycles. The first kappa shape index (κ1) is 11.5. The lowest BCUT2D eigenvalue weighted by Gasteiger charge is -1.99. The number of aromatic amines is 1. The van der Waals surface area contributed by atoms with Gasteiger partial charge in [0.2, 0.25) is 0 Å². The number of hydrogen-bond acceptors (Lipinski definition) is 2. The number of aryl methyl sites for hydroxylation is 1. The van der Waals surface area contributed by atoms with Gasteiger partial charge in [0.1, 0.15) is 11.2 Å². The Kier molecular flexibility index (Phi) is 2.55. The largest absolute Gasteiger partial charge is 0.348 e. The Bertz CT molecular complexity index is 697. The highest BCUT2D eigenvalue weighted by Crippen LogP contribution is 2.23. The van der Waals surface area contributed by atoms with Crippen LogP contribution < -0.4 is 10.9 Å². The molecule has 1 aliphatic carbocycles. The molecule has 0 unspecified atom stereocenters. The van der Waals surface area contributed by atoms with Gasteiger partial charge in [0.25, 0.3) is 11.5 Å². The minimum atomic E-state index is -0.150. The molecule has 0 radical (unpaired) electrons. The van der Waals surface area contributed by atoms with E-state index in [0.717, 1.165) is 22.7 Å². The number of nitrogens with one attached hydrogen (secondary N) is 2. The van der Waals surface area contributed by atoms with Crippen LogP contribution in [0.15, 0.2) is 21.5 Å². The normalized spacial score (nSPS) is 15.0. The first-order valence-corrected chi connectivity index (χ1v) is 6.54. The quantitative estimate of drug-likeness (QED) is 0.883. The summed E-state index contributed by atoms with van der Waals surface area (Å²) < 4.78 is 2.27. The highest BCUT2D eigenvalue weighted by molar-refractivity contribution is 9.10. The minimum Gasteiger partial charge on any atom is -0.348 e. The van der Waals surface area contributed by atoms with Crippen molar-refractivity contribution in [3.8, 4) is 0 Å². The Hall–Kier alpha value is -1.56. The second kappa shape index (κ2) is 3.98. The van der Waals surface area contributed by atoms with Crippen LogP contribution in [0.5, 0.6) is 0 Å². The fourth-order valence-corrected chi connectivity index (χ4v) is 2.52. The number of carbonyl (C=O) groups is 1. The average Bonchev–Trinajstić information content (AvgIpc) is 3.01. The van der Waals surface area contributed by atoms with E-state index in [4.69, 9.17) is 0 Å². The van der Waals surface area contributed by atoms with Crippen molar-refractivity contribution < 1.29 is 4.79 Å². The number of nitrogens with zero attached hydrogens (tertiary/aromatic N) is 1. The fraction of sp³-hybridized carbons (Fsp3) is 0.333. The first-order chi connectivity index (χ1) is 8.56. The molecular weight excluding hydrogens is 298 g/mol. The van der Waals surface area contributed by atoms with E-state index >= 15 is 0 Å². The van der Waals surface area contributed by atoms with Crippen LogP contribution >= 0.6 is 15.9 Å². The maximum atomic E-state index is 11.9. The Morgan fingerprint density at radius 1 is 1.56 bits per heavy atom. The molecule has 18 heavy (non-hydrogen) atoms. The first-order valence-electron chi connectivity index (χ1n) is 5.75. The zero-order valence-electron chi connectivity index (χ0n) is 9.79. The van der Waals surface area contributed by atoms with Crippen molar-refractivity contribution >= 4 is 32.7 Å². The summed E-state index contributed by atoms with van der Waals surface area (Å²) in [6.07, 6.45) is 3.77. The third-order valence-corrected chi connectivity index (χ3v) is 3.71. The molecule has 2 heterocycles. The zero-order valence-corrected chi connectivity index (χ0v) is 11.4. The molecule has 6 heteroatoms. The van der Waals surface area contributed by atoms with Gasteiger partial charge in [0.05, 0.1) is 0 Å². The van der Waals surface area contributed by atoms with Gasteiger partial charge in [0.15, 0.2) is 0 Å². The number of fused-ring (bicyclic) bond motifs is 1. The SMILES string of the molecule is Cn1cc(Br)c2cc(C(=O)NC3CC3)[nH]c2c1=O. The summed E-state index contributed by atoms with van der Waals surface area (Å²) in [7, 11) is 1.68. The number of amides is 1. The molecule has 1 saturated carbocycles. The molecule has 0 bridgehead atoms. The molecule has 1 amide bonds. The van der Waals surface area contributed by atoms with E-state index in [1.165, 1.54) is 4.57 Å². The number of halogens is 1. The summed E-state index contributed by atoms with van der Waals surface area (Å²) in [5, 5.41) is 3.63. The molecule has 5 nitrogen and oxygen atoms in total. The van der Waals surface area contributed by atoms with E-state index in [1.54, 1.807) is 19.3 Å². The lowest BCUT2D eigenvalue weighted by atomic mass is 10.3. The molecular formula is C12H12BrN3O2. The zero-order chi connectivity index (χ0) is 12.9. The Balaban J connectivity index is 2.09. The minimum absolute atomic E-state index is 0.140. The molecule has 94 valence electrons. The Labute approximate surface area is 111 Å². The van der Waals surface area contributed by atoms with Gasteiger partial charge in [-0.3, -0.25) is 9.59 Å². The van der Waals surface area contributed by atoms with E-state index in [2.05, 4.69) is 26.2 Å². The third-order valence-electron chi connectivity index (χ3n) is 3.07. The van der Waals surface area contributed by atoms with E-state index in [-0.39, 0.29) is 11.5 Å². The van der Waals surface area contributed by atoms with Gasteiger partial charge in [-0.2, -0.15) is 0 Å². The van der Waals surface area contributed by atoms with Crippen molar-refractivity contribution in [3.05, 3.63) is 32.8 Å². The summed E-state index contributed by atoms with van der Waals surface area (Å²) >= 11 is 3.40. The van der Waals surface area contributed by atoms with Crippen molar-refractivity contribution in [2.24, 2.45) is 7.05 Å². The van der Waals surface area contributed by atoms with Crippen LogP contribution in [0, 0.1) is 0 Å². The maximum Gasteiger partial charge on any atom is 0.274 e. The average molecular weight is 310 g/mol. The van der Waals surface area contributed by atoms with Crippen LogP contribution in [-0.4, -0.2) is 21.5 Å². The van der Waals surface area contributed by atoms with E-state index in [0.29, 0.717) is 17.3 Å². The molecule has 2 aromatic rings. The molecule has 0 spiro atoms.